The van der Waals surface area contributed by atoms with Crippen LogP contribution in [0.15, 0.2) is 41.3 Å². The van der Waals surface area contributed by atoms with Crippen molar-refractivity contribution in [3.8, 4) is 0 Å². The monoisotopic (exact) mass is 296 g/mol. The van der Waals surface area contributed by atoms with E-state index in [0.29, 0.717) is 0 Å². The molecule has 1 aromatic heterocycles. The maximum Gasteiger partial charge on any atom is 0.285 e. The van der Waals surface area contributed by atoms with Gasteiger partial charge in [-0.15, -0.1) is 0 Å². The van der Waals surface area contributed by atoms with E-state index in [-0.39, 0.29) is 34.8 Å². The molecule has 0 aliphatic heterocycles. The molecule has 1 heterocycles. The van der Waals surface area contributed by atoms with E-state index in [9.17, 15) is 19.3 Å². The Hall–Kier alpha value is -2.21. The van der Waals surface area contributed by atoms with Crippen LogP contribution in [-0.2, 0) is 13.0 Å². The van der Waals surface area contributed by atoms with Gasteiger partial charge in [-0.1, -0.05) is 17.7 Å². The lowest BCUT2D eigenvalue weighted by atomic mass is 10.1. The van der Waals surface area contributed by atoms with Gasteiger partial charge in [0.2, 0.25) is 0 Å². The zero-order valence-electron chi connectivity index (χ0n) is 10.3. The summed E-state index contributed by atoms with van der Waals surface area (Å²) in [6.45, 7) is 0.112. The summed E-state index contributed by atoms with van der Waals surface area (Å²) in [5.41, 5.74) is -0.292. The SMILES string of the molecule is O=c1ccc([N+](=O)[O-])cn1CCc1c(F)cccc1Cl. The van der Waals surface area contributed by atoms with E-state index < -0.39 is 10.7 Å². The van der Waals surface area contributed by atoms with Crippen molar-refractivity contribution >= 4 is 17.3 Å². The highest BCUT2D eigenvalue weighted by Crippen LogP contribution is 2.20. The standard InChI is InChI=1S/C13H10ClFN2O3/c14-11-2-1-3-12(15)10(11)6-7-16-8-9(17(19)20)4-5-13(16)18/h1-5,8H,6-7H2. The molecule has 0 N–H and O–H groups in total. The molecule has 0 spiro atoms. The van der Waals surface area contributed by atoms with Gasteiger partial charge in [-0.3, -0.25) is 14.9 Å². The van der Waals surface area contributed by atoms with Gasteiger partial charge in [0, 0.05) is 29.3 Å². The molecule has 0 aliphatic carbocycles. The second-order valence-corrected chi connectivity index (χ2v) is 4.53. The molecule has 0 fully saturated rings. The van der Waals surface area contributed by atoms with Crippen LogP contribution in [-0.4, -0.2) is 9.49 Å². The first kappa shape index (κ1) is 14.2. The number of aryl methyl sites for hydroxylation is 1. The average molecular weight is 297 g/mol. The van der Waals surface area contributed by atoms with Gasteiger partial charge in [-0.2, -0.15) is 0 Å². The minimum atomic E-state index is -0.591. The van der Waals surface area contributed by atoms with Crippen LogP contribution in [0, 0.1) is 15.9 Å². The second kappa shape index (κ2) is 5.83. The van der Waals surface area contributed by atoms with E-state index >= 15 is 0 Å². The lowest BCUT2D eigenvalue weighted by Crippen LogP contribution is -2.20. The Kier molecular flexibility index (Phi) is 4.14. The van der Waals surface area contributed by atoms with Gasteiger partial charge in [0.25, 0.3) is 11.2 Å². The number of aromatic nitrogens is 1. The van der Waals surface area contributed by atoms with Crippen LogP contribution in [0.4, 0.5) is 10.1 Å². The molecule has 0 unspecified atom stereocenters. The predicted molar refractivity (Wildman–Crippen MR) is 72.5 cm³/mol. The first-order chi connectivity index (χ1) is 9.49. The highest BCUT2D eigenvalue weighted by Gasteiger charge is 2.10. The summed E-state index contributed by atoms with van der Waals surface area (Å²) in [4.78, 5) is 21.7. The van der Waals surface area contributed by atoms with Crippen molar-refractivity contribution in [2.24, 2.45) is 0 Å². The Morgan fingerprint density at radius 1 is 1.30 bits per heavy atom. The van der Waals surface area contributed by atoms with Crippen molar-refractivity contribution in [1.82, 2.24) is 4.57 Å². The third-order valence-corrected chi connectivity index (χ3v) is 3.20. The van der Waals surface area contributed by atoms with E-state index in [1.807, 2.05) is 0 Å². The van der Waals surface area contributed by atoms with Crippen LogP contribution in [0.1, 0.15) is 5.56 Å². The number of nitrogens with zero attached hydrogens (tertiary/aromatic N) is 2. The van der Waals surface area contributed by atoms with Gasteiger partial charge < -0.3 is 4.57 Å². The zero-order valence-corrected chi connectivity index (χ0v) is 11.0. The average Bonchev–Trinajstić information content (AvgIpc) is 2.39. The van der Waals surface area contributed by atoms with Gasteiger partial charge in [0.05, 0.1) is 11.1 Å². The molecule has 5 nitrogen and oxygen atoms in total. The number of hydrogen-bond acceptors (Lipinski definition) is 3. The normalized spacial score (nSPS) is 10.5. The smallest absolute Gasteiger partial charge is 0.285 e. The Morgan fingerprint density at radius 2 is 2.05 bits per heavy atom. The summed E-state index contributed by atoms with van der Waals surface area (Å²) in [7, 11) is 0. The zero-order chi connectivity index (χ0) is 14.7. The molecule has 0 saturated carbocycles. The van der Waals surface area contributed by atoms with Gasteiger partial charge in [-0.25, -0.2) is 4.39 Å². The van der Waals surface area contributed by atoms with Crippen LogP contribution in [0.3, 0.4) is 0 Å². The molecule has 2 aromatic rings. The van der Waals surface area contributed by atoms with E-state index in [1.54, 1.807) is 6.07 Å². The molecular weight excluding hydrogens is 287 g/mol. The summed E-state index contributed by atoms with van der Waals surface area (Å²) < 4.78 is 14.7. The summed E-state index contributed by atoms with van der Waals surface area (Å²) in [5.74, 6) is -0.462. The number of benzene rings is 1. The fraction of sp³-hybridized carbons (Fsp3) is 0.154. The number of hydrogen-bond donors (Lipinski definition) is 0. The minimum absolute atomic E-state index is 0.112. The highest BCUT2D eigenvalue weighted by atomic mass is 35.5. The fourth-order valence-corrected chi connectivity index (χ4v) is 2.06. The Bertz CT molecular complexity index is 695. The molecule has 104 valence electrons. The molecule has 1 aromatic carbocycles. The first-order valence-corrected chi connectivity index (χ1v) is 6.14. The maximum atomic E-state index is 13.6. The lowest BCUT2D eigenvalue weighted by Gasteiger charge is -2.07. The lowest BCUT2D eigenvalue weighted by molar-refractivity contribution is -0.385. The van der Waals surface area contributed by atoms with Crippen molar-refractivity contribution in [3.05, 3.63) is 73.4 Å². The van der Waals surface area contributed by atoms with Crippen molar-refractivity contribution in [1.29, 1.82) is 0 Å². The van der Waals surface area contributed by atoms with Crippen LogP contribution in [0.2, 0.25) is 5.02 Å². The van der Waals surface area contributed by atoms with Crippen molar-refractivity contribution in [2.75, 3.05) is 0 Å². The molecule has 0 amide bonds. The highest BCUT2D eigenvalue weighted by molar-refractivity contribution is 6.31. The second-order valence-electron chi connectivity index (χ2n) is 4.13. The quantitative estimate of drug-likeness (QED) is 0.643. The largest absolute Gasteiger partial charge is 0.309 e. The molecule has 0 atom stereocenters. The number of rotatable bonds is 4. The van der Waals surface area contributed by atoms with E-state index in [0.717, 1.165) is 18.3 Å². The summed E-state index contributed by atoms with van der Waals surface area (Å²) in [6, 6.07) is 6.56. The molecule has 7 heteroatoms. The van der Waals surface area contributed by atoms with E-state index in [4.69, 9.17) is 11.6 Å². The number of nitro groups is 1. The predicted octanol–water partition coefficient (Wildman–Crippen LogP) is 2.79. The van der Waals surface area contributed by atoms with Gasteiger partial charge in [-0.05, 0) is 18.6 Å². The molecular formula is C13H10ClFN2O3. The Labute approximate surface area is 118 Å². The Morgan fingerprint density at radius 3 is 2.70 bits per heavy atom. The summed E-state index contributed by atoms with van der Waals surface area (Å²) >= 11 is 5.88. The van der Waals surface area contributed by atoms with Crippen LogP contribution in [0.5, 0.6) is 0 Å². The van der Waals surface area contributed by atoms with E-state index in [1.165, 1.54) is 16.7 Å². The third-order valence-electron chi connectivity index (χ3n) is 2.84. The molecule has 20 heavy (non-hydrogen) atoms. The molecule has 0 radical (unpaired) electrons. The molecule has 0 bridgehead atoms. The van der Waals surface area contributed by atoms with Gasteiger partial charge in [0.1, 0.15) is 5.82 Å². The molecule has 0 saturated heterocycles. The number of halogens is 2. The summed E-state index contributed by atoms with van der Waals surface area (Å²) in [5, 5.41) is 10.9. The van der Waals surface area contributed by atoms with Crippen LogP contribution in [0.25, 0.3) is 0 Å². The maximum absolute atomic E-state index is 13.6. The number of pyridine rings is 1. The third kappa shape index (κ3) is 3.03. The van der Waals surface area contributed by atoms with Gasteiger partial charge in [0.15, 0.2) is 0 Å². The van der Waals surface area contributed by atoms with Crippen LogP contribution >= 0.6 is 11.6 Å². The van der Waals surface area contributed by atoms with E-state index in [2.05, 4.69) is 0 Å². The minimum Gasteiger partial charge on any atom is -0.309 e. The van der Waals surface area contributed by atoms with Crippen molar-refractivity contribution in [2.45, 2.75) is 13.0 Å². The topological polar surface area (TPSA) is 65.1 Å². The Balaban J connectivity index is 2.25. The van der Waals surface area contributed by atoms with Gasteiger partial charge >= 0.3 is 0 Å². The fourth-order valence-electron chi connectivity index (χ4n) is 1.80. The molecule has 0 aliphatic rings. The summed E-state index contributed by atoms with van der Waals surface area (Å²) in [6.07, 6.45) is 1.31. The van der Waals surface area contributed by atoms with Crippen LogP contribution < -0.4 is 5.56 Å². The first-order valence-electron chi connectivity index (χ1n) is 5.77. The molecule has 2 rings (SSSR count). The van der Waals surface area contributed by atoms with Crippen molar-refractivity contribution < 1.29 is 9.31 Å². The van der Waals surface area contributed by atoms with Crippen molar-refractivity contribution in [3.63, 3.8) is 0 Å².